The maximum atomic E-state index is 12.3. The minimum Gasteiger partial charge on any atom is -0.480 e. The van der Waals surface area contributed by atoms with Gasteiger partial charge in [0.15, 0.2) is 0 Å². The Hall–Kier alpha value is -1.17. The molecule has 4 rings (SSSR count). The van der Waals surface area contributed by atoms with Crippen LogP contribution in [0.15, 0.2) is 23.8 Å². The molecule has 3 fully saturated rings. The molecule has 2 heterocycles. The van der Waals surface area contributed by atoms with E-state index in [4.69, 9.17) is 14.2 Å². The summed E-state index contributed by atoms with van der Waals surface area (Å²) < 4.78 is 17.4. The molecule has 22 heavy (non-hydrogen) atoms. The van der Waals surface area contributed by atoms with Gasteiger partial charge in [-0.1, -0.05) is 18.9 Å². The van der Waals surface area contributed by atoms with Gasteiger partial charge in [-0.2, -0.15) is 0 Å². The van der Waals surface area contributed by atoms with Gasteiger partial charge in [0.2, 0.25) is 5.79 Å². The molecule has 2 aliphatic carbocycles. The fourth-order valence-electron chi connectivity index (χ4n) is 4.53. The molecular weight excluding hydrogens is 284 g/mol. The number of carbonyl (C=O) groups is 1. The largest absolute Gasteiger partial charge is 0.480 e. The second-order valence-electron chi connectivity index (χ2n) is 6.65. The van der Waals surface area contributed by atoms with Crippen LogP contribution >= 0.6 is 0 Å². The van der Waals surface area contributed by atoms with Crippen molar-refractivity contribution < 1.29 is 24.1 Å². The zero-order valence-electron chi connectivity index (χ0n) is 12.6. The van der Waals surface area contributed by atoms with Crippen molar-refractivity contribution in [3.05, 3.63) is 23.8 Å². The van der Waals surface area contributed by atoms with Gasteiger partial charge < -0.3 is 19.3 Å². The fourth-order valence-corrected chi connectivity index (χ4v) is 4.53. The summed E-state index contributed by atoms with van der Waals surface area (Å²) in [6.45, 7) is 1.65. The number of ether oxygens (including phenoxy) is 3. The first kappa shape index (κ1) is 14.4. The fraction of sp³-hybridized carbons (Fsp3) is 0.706. The molecule has 120 valence electrons. The van der Waals surface area contributed by atoms with Crippen LogP contribution in [0.25, 0.3) is 0 Å². The van der Waals surface area contributed by atoms with Gasteiger partial charge in [-0.25, -0.2) is 0 Å². The second-order valence-corrected chi connectivity index (χ2v) is 6.65. The Balaban J connectivity index is 1.80. The van der Waals surface area contributed by atoms with Gasteiger partial charge in [-0.15, -0.1) is 0 Å². The van der Waals surface area contributed by atoms with Crippen molar-refractivity contribution in [1.29, 1.82) is 0 Å². The van der Waals surface area contributed by atoms with Crippen molar-refractivity contribution in [2.45, 2.75) is 44.0 Å². The molecule has 0 amide bonds. The number of hydrogen-bond acceptors (Lipinski definition) is 4. The molecule has 2 saturated heterocycles. The van der Waals surface area contributed by atoms with E-state index in [1.165, 1.54) is 0 Å². The maximum Gasteiger partial charge on any atom is 0.318 e. The number of carboxylic acids is 1. The van der Waals surface area contributed by atoms with Gasteiger partial charge in [0.05, 0.1) is 25.9 Å². The Morgan fingerprint density at radius 3 is 2.68 bits per heavy atom. The molecule has 2 aliphatic heterocycles. The van der Waals surface area contributed by atoms with Crippen LogP contribution in [-0.4, -0.2) is 42.8 Å². The van der Waals surface area contributed by atoms with E-state index in [1.54, 1.807) is 6.08 Å². The molecule has 0 bridgehead atoms. The molecule has 1 N–H and O–H groups in total. The number of aliphatic carboxylic acids is 1. The molecule has 0 aromatic carbocycles. The van der Waals surface area contributed by atoms with E-state index in [9.17, 15) is 9.90 Å². The lowest BCUT2D eigenvalue weighted by Crippen LogP contribution is -2.47. The van der Waals surface area contributed by atoms with Gasteiger partial charge in [0.1, 0.15) is 5.41 Å². The van der Waals surface area contributed by atoms with Crippen LogP contribution in [-0.2, 0) is 19.0 Å². The molecule has 0 aromatic rings. The van der Waals surface area contributed by atoms with Crippen LogP contribution in [0.4, 0.5) is 0 Å². The highest BCUT2D eigenvalue weighted by Gasteiger charge is 2.55. The van der Waals surface area contributed by atoms with Crippen molar-refractivity contribution in [2.24, 2.45) is 11.3 Å². The zero-order chi connectivity index (χ0) is 15.2. The summed E-state index contributed by atoms with van der Waals surface area (Å²) >= 11 is 0. The van der Waals surface area contributed by atoms with Crippen LogP contribution in [0, 0.1) is 11.3 Å². The van der Waals surface area contributed by atoms with E-state index in [2.05, 4.69) is 0 Å². The molecule has 5 heteroatoms. The third-order valence-corrected chi connectivity index (χ3v) is 5.57. The lowest BCUT2D eigenvalue weighted by molar-refractivity contribution is -0.151. The van der Waals surface area contributed by atoms with E-state index in [0.29, 0.717) is 26.2 Å². The van der Waals surface area contributed by atoms with Gasteiger partial charge in [-0.05, 0) is 37.0 Å². The van der Waals surface area contributed by atoms with E-state index in [1.807, 2.05) is 12.2 Å². The predicted molar refractivity (Wildman–Crippen MR) is 78.2 cm³/mol. The number of fused-ring (bicyclic) bond motifs is 3. The first-order valence-electron chi connectivity index (χ1n) is 8.22. The van der Waals surface area contributed by atoms with Crippen molar-refractivity contribution >= 4 is 5.97 Å². The first-order valence-corrected chi connectivity index (χ1v) is 8.22. The minimum absolute atomic E-state index is 0.00232. The van der Waals surface area contributed by atoms with E-state index >= 15 is 0 Å². The Bertz CT molecular complexity index is 531. The summed E-state index contributed by atoms with van der Waals surface area (Å²) in [6, 6.07) is 0. The molecule has 1 spiro atoms. The Morgan fingerprint density at radius 1 is 1.14 bits per heavy atom. The molecule has 0 radical (unpaired) electrons. The smallest absolute Gasteiger partial charge is 0.318 e. The highest BCUT2D eigenvalue weighted by atomic mass is 16.7. The third-order valence-electron chi connectivity index (χ3n) is 5.57. The predicted octanol–water partition coefficient (Wildman–Crippen LogP) is 2.28. The minimum atomic E-state index is -0.956. The summed E-state index contributed by atoms with van der Waals surface area (Å²) in [6.07, 6.45) is 10.2. The molecule has 0 aromatic heterocycles. The number of carboxylic acid groups (broad SMARTS) is 1. The summed E-state index contributed by atoms with van der Waals surface area (Å²) in [7, 11) is 0. The molecule has 1 saturated carbocycles. The normalized spacial score (nSPS) is 39.7. The van der Waals surface area contributed by atoms with Crippen LogP contribution < -0.4 is 0 Å². The van der Waals surface area contributed by atoms with Crippen molar-refractivity contribution in [3.63, 3.8) is 0 Å². The highest BCUT2D eigenvalue weighted by molar-refractivity contribution is 5.83. The molecule has 5 nitrogen and oxygen atoms in total. The quantitative estimate of drug-likeness (QED) is 0.753. The Kier molecular flexibility index (Phi) is 3.40. The van der Waals surface area contributed by atoms with Crippen LogP contribution in [0.1, 0.15) is 32.1 Å². The molecule has 3 atom stereocenters. The summed E-state index contributed by atoms with van der Waals surface area (Å²) in [5, 5.41) is 10.1. The van der Waals surface area contributed by atoms with Crippen LogP contribution in [0.3, 0.4) is 0 Å². The summed E-state index contributed by atoms with van der Waals surface area (Å²) in [5.74, 6) is -1.63. The van der Waals surface area contributed by atoms with Gasteiger partial charge in [0.25, 0.3) is 0 Å². The molecular formula is C17H22O5. The highest BCUT2D eigenvalue weighted by Crippen LogP contribution is 2.52. The topological polar surface area (TPSA) is 65.0 Å². The number of rotatable bonds is 1. The average molecular weight is 306 g/mol. The second kappa shape index (κ2) is 5.18. The van der Waals surface area contributed by atoms with E-state index < -0.39 is 17.2 Å². The molecule has 3 unspecified atom stereocenters. The Morgan fingerprint density at radius 2 is 1.91 bits per heavy atom. The average Bonchev–Trinajstić information content (AvgIpc) is 2.89. The van der Waals surface area contributed by atoms with E-state index in [0.717, 1.165) is 31.3 Å². The standard InChI is InChI=1S/C17H22O5/c18-15(19)17-7-6-16(21-9-10-22-16)11-12(17)5-8-20-14-4-2-1-3-13(14)17/h6-7,11,13-14H,1-5,8-10H2,(H,18,19). The SMILES string of the molecule is O=C(O)C12C=CC3(C=C1CCOC1CCCCC12)OCCO3. The van der Waals surface area contributed by atoms with Crippen molar-refractivity contribution in [2.75, 3.05) is 19.8 Å². The van der Waals surface area contributed by atoms with Crippen LogP contribution in [0.2, 0.25) is 0 Å². The van der Waals surface area contributed by atoms with Gasteiger partial charge in [-0.3, -0.25) is 4.79 Å². The van der Waals surface area contributed by atoms with Crippen LogP contribution in [0.5, 0.6) is 0 Å². The third kappa shape index (κ3) is 1.99. The number of hydrogen-bond donors (Lipinski definition) is 1. The summed E-state index contributed by atoms with van der Waals surface area (Å²) in [4.78, 5) is 12.3. The van der Waals surface area contributed by atoms with Gasteiger partial charge >= 0.3 is 5.97 Å². The summed E-state index contributed by atoms with van der Waals surface area (Å²) in [5.41, 5.74) is -0.0684. The maximum absolute atomic E-state index is 12.3. The first-order chi connectivity index (χ1) is 10.7. The lowest BCUT2D eigenvalue weighted by atomic mass is 9.61. The zero-order valence-corrected chi connectivity index (χ0v) is 12.6. The van der Waals surface area contributed by atoms with Crippen molar-refractivity contribution in [1.82, 2.24) is 0 Å². The Labute approximate surface area is 129 Å². The van der Waals surface area contributed by atoms with Crippen molar-refractivity contribution in [3.8, 4) is 0 Å². The lowest BCUT2D eigenvalue weighted by Gasteiger charge is -2.43. The van der Waals surface area contributed by atoms with Gasteiger partial charge in [0, 0.05) is 5.92 Å². The van der Waals surface area contributed by atoms with E-state index in [-0.39, 0.29) is 12.0 Å². The molecule has 4 aliphatic rings. The monoisotopic (exact) mass is 306 g/mol.